The number of fused-ring (bicyclic) bond motifs is 1. The van der Waals surface area contributed by atoms with Crippen molar-refractivity contribution >= 4 is 36.1 Å². The molecule has 0 bridgehead atoms. The van der Waals surface area contributed by atoms with Crippen LogP contribution >= 0.6 is 19.0 Å². The van der Waals surface area contributed by atoms with E-state index in [0.717, 1.165) is 0 Å². The number of nitrogens with two attached hydrogens (primary N) is 1. The molecule has 0 amide bonds. The molecule has 1 fully saturated rings. The van der Waals surface area contributed by atoms with Crippen LogP contribution in [-0.4, -0.2) is 39.3 Å². The summed E-state index contributed by atoms with van der Waals surface area (Å²) in [6.07, 6.45) is 2.31. The molecular formula is C11H17N6O4PS. The number of nitrogens with one attached hydrogen (secondary N) is 2. The van der Waals surface area contributed by atoms with E-state index in [1.54, 1.807) is 11.6 Å². The number of H-pyrrole nitrogens is 1. The summed E-state index contributed by atoms with van der Waals surface area (Å²) in [5.74, 6) is 0.348. The number of hydrogen-bond donors (Lipinski definition) is 4. The van der Waals surface area contributed by atoms with Crippen LogP contribution in [0.3, 0.4) is 0 Å². The summed E-state index contributed by atoms with van der Waals surface area (Å²) in [5.41, 5.74) is 5.59. The Morgan fingerprint density at radius 2 is 2.43 bits per heavy atom. The largest absolute Gasteiger partial charge is 0.359 e. The van der Waals surface area contributed by atoms with Gasteiger partial charge in [-0.05, 0) is 12.8 Å². The normalized spacial score (nSPS) is 24.0. The predicted octanol–water partition coefficient (Wildman–Crippen LogP) is 0.852. The third kappa shape index (κ3) is 3.59. The molecule has 0 aliphatic carbocycles. The lowest BCUT2D eigenvalue weighted by Gasteiger charge is -2.16. The smallest absolute Gasteiger partial charge is 0.320 e. The van der Waals surface area contributed by atoms with Gasteiger partial charge >= 0.3 is 6.72 Å². The van der Waals surface area contributed by atoms with Crippen LogP contribution in [0, 0.1) is 0 Å². The highest BCUT2D eigenvalue weighted by Gasteiger charge is 2.29. The number of imidazole rings is 1. The summed E-state index contributed by atoms with van der Waals surface area (Å²) in [6.45, 7) is -3.23. The Morgan fingerprint density at radius 1 is 1.65 bits per heavy atom. The number of anilines is 1. The topological polar surface area (TPSA) is 137 Å². The van der Waals surface area contributed by atoms with Crippen LogP contribution in [0.15, 0.2) is 11.1 Å². The average Bonchev–Trinajstić information content (AvgIpc) is 3.10. The molecule has 3 rings (SSSR count). The summed E-state index contributed by atoms with van der Waals surface area (Å²) in [7, 11) is 1.66. The molecule has 1 saturated heterocycles. The Kier molecular flexibility index (Phi) is 4.47. The zero-order chi connectivity index (χ0) is 16.6. The van der Waals surface area contributed by atoms with E-state index in [9.17, 15) is 9.36 Å². The van der Waals surface area contributed by atoms with Crippen LogP contribution in [0.4, 0.5) is 5.95 Å². The van der Waals surface area contributed by atoms with Crippen molar-refractivity contribution in [1.29, 1.82) is 0 Å². The highest BCUT2D eigenvalue weighted by molar-refractivity contribution is 8.45. The van der Waals surface area contributed by atoms with Gasteiger partial charge in [0.15, 0.2) is 11.2 Å². The fourth-order valence-corrected chi connectivity index (χ4v) is 3.04. The maximum absolute atomic E-state index is 11.9. The highest BCUT2D eigenvalue weighted by atomic mass is 32.7. The van der Waals surface area contributed by atoms with Crippen molar-refractivity contribution in [3.63, 3.8) is 0 Å². The molecule has 3 atom stereocenters. The summed E-state index contributed by atoms with van der Waals surface area (Å²) in [4.78, 5) is 22.9. The quantitative estimate of drug-likeness (QED) is 0.455. The lowest BCUT2D eigenvalue weighted by Crippen LogP contribution is -2.17. The van der Waals surface area contributed by atoms with E-state index in [1.165, 1.54) is 6.33 Å². The number of rotatable bonds is 5. The monoisotopic (exact) mass is 360 g/mol. The van der Waals surface area contributed by atoms with Gasteiger partial charge in [-0.2, -0.15) is 4.98 Å². The van der Waals surface area contributed by atoms with Crippen LogP contribution in [0.1, 0.15) is 19.1 Å². The van der Waals surface area contributed by atoms with Crippen LogP contribution in [-0.2, 0) is 13.8 Å². The van der Waals surface area contributed by atoms with Crippen molar-refractivity contribution in [2.75, 3.05) is 19.0 Å². The molecule has 0 spiro atoms. The summed E-state index contributed by atoms with van der Waals surface area (Å²) in [5, 5.41) is 2.79. The zero-order valence-corrected chi connectivity index (χ0v) is 14.1. The summed E-state index contributed by atoms with van der Waals surface area (Å²) >= 11 is 3.68. The molecule has 1 aliphatic rings. The SMILES string of the molecule is CNc1nc2c(ncn2[C@H]2CC[C@@H](COP(N)(=O)S)O2)c(=O)[nH]1. The minimum absolute atomic E-state index is 0.0934. The second-order valence-corrected chi connectivity index (χ2v) is 8.20. The minimum atomic E-state index is -3.33. The highest BCUT2D eigenvalue weighted by Crippen LogP contribution is 2.43. The molecule has 126 valence electrons. The number of hydrogen-bond acceptors (Lipinski definition) is 7. The number of nitrogens with zero attached hydrogens (tertiary/aromatic N) is 3. The molecular weight excluding hydrogens is 343 g/mol. The standard InChI is InChI=1S/C11H17N6O4PS/c1-13-11-15-9-8(10(18)16-11)14-5-17(9)7-3-2-6(21-7)4-20-22(12,19)23/h5-7H,2-4H2,1H3,(H3,12,19,23)(H2,13,15,16,18)/t6-,7+,22?/m0/s1. The Bertz CT molecular complexity index is 816. The van der Waals surface area contributed by atoms with Crippen molar-refractivity contribution in [2.45, 2.75) is 25.2 Å². The third-order valence-corrected chi connectivity index (χ3v) is 4.38. The molecule has 10 nitrogen and oxygen atoms in total. The second kappa shape index (κ2) is 6.25. The van der Waals surface area contributed by atoms with E-state index in [1.807, 2.05) is 0 Å². The molecule has 23 heavy (non-hydrogen) atoms. The maximum atomic E-state index is 11.9. The van der Waals surface area contributed by atoms with E-state index in [0.29, 0.717) is 24.4 Å². The first-order chi connectivity index (χ1) is 10.9. The van der Waals surface area contributed by atoms with Gasteiger partial charge < -0.3 is 14.6 Å². The molecule has 4 N–H and O–H groups in total. The predicted molar refractivity (Wildman–Crippen MR) is 87.6 cm³/mol. The van der Waals surface area contributed by atoms with Gasteiger partial charge in [-0.3, -0.25) is 24.4 Å². The van der Waals surface area contributed by atoms with E-state index in [4.69, 9.17) is 14.8 Å². The van der Waals surface area contributed by atoms with Crippen LogP contribution < -0.4 is 16.4 Å². The lowest BCUT2D eigenvalue weighted by atomic mass is 10.2. The number of aromatic nitrogens is 4. The number of thiol groups is 1. The van der Waals surface area contributed by atoms with Gasteiger partial charge in [0.05, 0.1) is 19.0 Å². The average molecular weight is 360 g/mol. The van der Waals surface area contributed by atoms with Crippen molar-refractivity contribution in [1.82, 2.24) is 19.5 Å². The van der Waals surface area contributed by atoms with Crippen LogP contribution in [0.5, 0.6) is 0 Å². The molecule has 0 saturated carbocycles. The Balaban J connectivity index is 1.80. The van der Waals surface area contributed by atoms with Gasteiger partial charge in [-0.25, -0.2) is 4.98 Å². The first kappa shape index (κ1) is 16.5. The van der Waals surface area contributed by atoms with E-state index < -0.39 is 6.72 Å². The van der Waals surface area contributed by atoms with Gasteiger partial charge in [-0.15, -0.1) is 0 Å². The molecule has 2 aromatic heterocycles. The van der Waals surface area contributed by atoms with E-state index in [-0.39, 0.29) is 30.0 Å². The third-order valence-electron chi connectivity index (χ3n) is 3.51. The van der Waals surface area contributed by atoms with Gasteiger partial charge in [0.1, 0.15) is 6.23 Å². The van der Waals surface area contributed by atoms with E-state index in [2.05, 4.69) is 32.5 Å². The molecule has 12 heteroatoms. The number of aromatic amines is 1. The molecule has 1 aliphatic heterocycles. The van der Waals surface area contributed by atoms with Crippen molar-refractivity contribution < 1.29 is 13.8 Å². The van der Waals surface area contributed by atoms with Gasteiger partial charge in [-0.1, -0.05) is 12.2 Å². The minimum Gasteiger partial charge on any atom is -0.359 e. The first-order valence-corrected chi connectivity index (χ1v) is 9.78. The molecule has 1 unspecified atom stereocenters. The van der Waals surface area contributed by atoms with Crippen molar-refractivity contribution in [3.8, 4) is 0 Å². The fourth-order valence-electron chi connectivity index (χ4n) is 2.46. The Labute approximate surface area is 136 Å². The van der Waals surface area contributed by atoms with Gasteiger partial charge in [0.25, 0.3) is 5.56 Å². The molecule has 0 radical (unpaired) electrons. The Hall–Kier alpha value is -1.39. The lowest BCUT2D eigenvalue weighted by molar-refractivity contribution is -0.0149. The van der Waals surface area contributed by atoms with Crippen LogP contribution in [0.25, 0.3) is 11.2 Å². The molecule has 3 heterocycles. The molecule has 2 aromatic rings. The van der Waals surface area contributed by atoms with Crippen molar-refractivity contribution in [2.24, 2.45) is 5.50 Å². The van der Waals surface area contributed by atoms with Gasteiger partial charge in [0, 0.05) is 7.05 Å². The summed E-state index contributed by atoms with van der Waals surface area (Å²) in [6, 6.07) is 0. The Morgan fingerprint density at radius 3 is 3.13 bits per heavy atom. The first-order valence-electron chi connectivity index (χ1n) is 6.93. The van der Waals surface area contributed by atoms with Gasteiger partial charge in [0.2, 0.25) is 5.95 Å². The fraction of sp³-hybridized carbons (Fsp3) is 0.545. The zero-order valence-electron chi connectivity index (χ0n) is 12.3. The van der Waals surface area contributed by atoms with Crippen LogP contribution in [0.2, 0.25) is 0 Å². The maximum Gasteiger partial charge on any atom is 0.320 e. The van der Waals surface area contributed by atoms with Crippen molar-refractivity contribution in [3.05, 3.63) is 16.7 Å². The number of ether oxygens (including phenoxy) is 1. The second-order valence-electron chi connectivity index (χ2n) is 5.14. The molecule has 0 aromatic carbocycles. The summed E-state index contributed by atoms with van der Waals surface area (Å²) < 4.78 is 23.8. The van der Waals surface area contributed by atoms with E-state index >= 15 is 0 Å².